The van der Waals surface area contributed by atoms with Crippen LogP contribution in [0.2, 0.25) is 0 Å². The average Bonchev–Trinajstić information content (AvgIpc) is 2.78. The van der Waals surface area contributed by atoms with Gasteiger partial charge in [0.1, 0.15) is 11.9 Å². The Hall–Kier alpha value is -1.07. The van der Waals surface area contributed by atoms with Gasteiger partial charge in [-0.1, -0.05) is 12.1 Å². The predicted octanol–water partition coefficient (Wildman–Crippen LogP) is 1.70. The Labute approximate surface area is 97.4 Å². The van der Waals surface area contributed by atoms with Crippen LogP contribution in [-0.2, 0) is 9.53 Å². The van der Waals surface area contributed by atoms with Crippen LogP contribution >= 0.6 is 11.8 Å². The number of ether oxygens (including phenoxy) is 1. The fourth-order valence-electron chi connectivity index (χ4n) is 1.58. The summed E-state index contributed by atoms with van der Waals surface area (Å²) < 4.78 is 17.4. The predicted molar refractivity (Wildman–Crippen MR) is 60.5 cm³/mol. The van der Waals surface area contributed by atoms with Crippen LogP contribution < -0.4 is 5.32 Å². The summed E-state index contributed by atoms with van der Waals surface area (Å²) in [4.78, 5) is 11.3. The van der Waals surface area contributed by atoms with Gasteiger partial charge in [0.2, 0.25) is 0 Å². The minimum atomic E-state index is -0.273. The van der Waals surface area contributed by atoms with Crippen molar-refractivity contribution in [3.05, 3.63) is 35.6 Å². The van der Waals surface area contributed by atoms with E-state index in [1.807, 2.05) is 0 Å². The van der Waals surface area contributed by atoms with Gasteiger partial charge in [0, 0.05) is 5.75 Å². The van der Waals surface area contributed by atoms with E-state index in [0.717, 1.165) is 5.56 Å². The van der Waals surface area contributed by atoms with Crippen LogP contribution in [0.25, 0.3) is 0 Å². The number of benzene rings is 1. The van der Waals surface area contributed by atoms with E-state index in [1.54, 1.807) is 23.9 Å². The van der Waals surface area contributed by atoms with Gasteiger partial charge in [-0.25, -0.2) is 4.39 Å². The van der Waals surface area contributed by atoms with E-state index in [4.69, 9.17) is 0 Å². The Morgan fingerprint density at radius 3 is 2.81 bits per heavy atom. The van der Waals surface area contributed by atoms with Crippen molar-refractivity contribution in [1.29, 1.82) is 0 Å². The zero-order valence-corrected chi connectivity index (χ0v) is 9.59. The van der Waals surface area contributed by atoms with Gasteiger partial charge in [-0.2, -0.15) is 0 Å². The summed E-state index contributed by atoms with van der Waals surface area (Å²) in [5.74, 6) is 0.169. The normalized spacial score (nSPS) is 24.4. The van der Waals surface area contributed by atoms with Crippen LogP contribution in [0.15, 0.2) is 24.3 Å². The summed E-state index contributed by atoms with van der Waals surface area (Å²) in [6.45, 7) is 0. The van der Waals surface area contributed by atoms with E-state index in [2.05, 4.69) is 10.1 Å². The minimum absolute atomic E-state index is 0.0321. The highest BCUT2D eigenvalue weighted by atomic mass is 32.2. The number of hydrogen-bond donors (Lipinski definition) is 1. The topological polar surface area (TPSA) is 38.3 Å². The highest BCUT2D eigenvalue weighted by molar-refractivity contribution is 7.99. The molecule has 1 saturated heterocycles. The van der Waals surface area contributed by atoms with Gasteiger partial charge >= 0.3 is 5.97 Å². The van der Waals surface area contributed by atoms with Crippen LogP contribution in [0, 0.1) is 5.82 Å². The molecule has 1 N–H and O–H groups in total. The Morgan fingerprint density at radius 2 is 2.19 bits per heavy atom. The maximum Gasteiger partial charge on any atom is 0.323 e. The molecule has 1 aliphatic rings. The van der Waals surface area contributed by atoms with Crippen molar-refractivity contribution in [1.82, 2.24) is 5.32 Å². The fraction of sp³-hybridized carbons (Fsp3) is 0.364. The summed E-state index contributed by atoms with van der Waals surface area (Å²) in [5, 5.41) is 3.18. The van der Waals surface area contributed by atoms with Gasteiger partial charge in [-0.3, -0.25) is 10.1 Å². The molecular formula is C11H12FNO2S. The summed E-state index contributed by atoms with van der Waals surface area (Å²) in [6, 6.07) is 6.01. The second-order valence-corrected chi connectivity index (χ2v) is 4.65. The molecule has 0 bridgehead atoms. The van der Waals surface area contributed by atoms with E-state index in [1.165, 1.54) is 19.2 Å². The zero-order chi connectivity index (χ0) is 11.5. The highest BCUT2D eigenvalue weighted by Crippen LogP contribution is 2.32. The largest absolute Gasteiger partial charge is 0.468 e. The van der Waals surface area contributed by atoms with Crippen molar-refractivity contribution in [2.75, 3.05) is 12.9 Å². The number of halogens is 1. The van der Waals surface area contributed by atoms with Crippen molar-refractivity contribution < 1.29 is 13.9 Å². The monoisotopic (exact) mass is 241 g/mol. The quantitative estimate of drug-likeness (QED) is 0.800. The molecule has 0 aliphatic carbocycles. The molecule has 0 radical (unpaired) electrons. The summed E-state index contributed by atoms with van der Waals surface area (Å²) in [5.41, 5.74) is 0.970. The van der Waals surface area contributed by atoms with Gasteiger partial charge in [0.05, 0.1) is 12.5 Å². The Bertz CT molecular complexity index is 382. The van der Waals surface area contributed by atoms with Gasteiger partial charge in [-0.15, -0.1) is 11.8 Å². The Morgan fingerprint density at radius 1 is 1.50 bits per heavy atom. The average molecular weight is 241 g/mol. The highest BCUT2D eigenvalue weighted by Gasteiger charge is 2.30. The molecule has 2 unspecified atom stereocenters. The third kappa shape index (κ3) is 2.36. The van der Waals surface area contributed by atoms with Crippen LogP contribution in [0.5, 0.6) is 0 Å². The molecular weight excluding hydrogens is 229 g/mol. The van der Waals surface area contributed by atoms with Crippen molar-refractivity contribution in [2.45, 2.75) is 11.4 Å². The van der Waals surface area contributed by atoms with Crippen LogP contribution in [0.1, 0.15) is 10.9 Å². The number of carbonyl (C=O) groups is 1. The number of thioether (sulfide) groups is 1. The maximum atomic E-state index is 12.7. The number of carbonyl (C=O) groups excluding carboxylic acids is 1. The van der Waals surface area contributed by atoms with Gasteiger partial charge in [0.25, 0.3) is 0 Å². The summed E-state index contributed by atoms with van der Waals surface area (Å²) in [6.07, 6.45) is 0. The first-order chi connectivity index (χ1) is 7.70. The molecule has 1 fully saturated rings. The number of nitrogens with one attached hydrogen (secondary N) is 1. The lowest BCUT2D eigenvalue weighted by molar-refractivity contribution is -0.142. The first kappa shape index (κ1) is 11.4. The molecule has 2 atom stereocenters. The molecule has 2 rings (SSSR count). The Balaban J connectivity index is 2.03. The van der Waals surface area contributed by atoms with Crippen molar-refractivity contribution in [3.8, 4) is 0 Å². The Kier molecular flexibility index (Phi) is 3.46. The van der Waals surface area contributed by atoms with Crippen LogP contribution in [0.3, 0.4) is 0 Å². The van der Waals surface area contributed by atoms with E-state index >= 15 is 0 Å². The molecule has 0 amide bonds. The second-order valence-electron chi connectivity index (χ2n) is 3.51. The third-order valence-corrected chi connectivity index (χ3v) is 3.71. The van der Waals surface area contributed by atoms with Crippen molar-refractivity contribution in [3.63, 3.8) is 0 Å². The molecule has 3 nitrogen and oxygen atoms in total. The maximum absolute atomic E-state index is 12.7. The number of methoxy groups -OCH3 is 1. The van der Waals surface area contributed by atoms with E-state index in [0.29, 0.717) is 5.75 Å². The van der Waals surface area contributed by atoms with Gasteiger partial charge in [-0.05, 0) is 17.7 Å². The van der Waals surface area contributed by atoms with E-state index in [9.17, 15) is 9.18 Å². The smallest absolute Gasteiger partial charge is 0.323 e. The second kappa shape index (κ2) is 4.84. The summed E-state index contributed by atoms with van der Waals surface area (Å²) in [7, 11) is 1.37. The molecule has 1 aromatic rings. The third-order valence-electron chi connectivity index (χ3n) is 2.44. The van der Waals surface area contributed by atoms with Crippen molar-refractivity contribution in [2.24, 2.45) is 0 Å². The first-order valence-corrected chi connectivity index (χ1v) is 5.96. The lowest BCUT2D eigenvalue weighted by atomic mass is 10.2. The minimum Gasteiger partial charge on any atom is -0.468 e. The van der Waals surface area contributed by atoms with Gasteiger partial charge < -0.3 is 4.74 Å². The number of esters is 1. The molecule has 1 aliphatic heterocycles. The van der Waals surface area contributed by atoms with Crippen molar-refractivity contribution >= 4 is 17.7 Å². The molecule has 0 saturated carbocycles. The zero-order valence-electron chi connectivity index (χ0n) is 8.77. The van der Waals surface area contributed by atoms with Crippen LogP contribution in [-0.4, -0.2) is 24.9 Å². The molecule has 1 heterocycles. The molecule has 16 heavy (non-hydrogen) atoms. The lowest BCUT2D eigenvalue weighted by Gasteiger charge is -2.11. The van der Waals surface area contributed by atoms with E-state index < -0.39 is 0 Å². The molecule has 5 heteroatoms. The number of rotatable bonds is 2. The number of hydrogen-bond acceptors (Lipinski definition) is 4. The standard InChI is InChI=1S/C11H12FNO2S/c1-15-11(14)9-6-16-10(13-9)7-2-4-8(12)5-3-7/h2-5,9-10,13H,6H2,1H3. The first-order valence-electron chi connectivity index (χ1n) is 4.91. The van der Waals surface area contributed by atoms with Crippen LogP contribution in [0.4, 0.5) is 4.39 Å². The van der Waals surface area contributed by atoms with Gasteiger partial charge in [0.15, 0.2) is 0 Å². The SMILES string of the molecule is COC(=O)C1CSC(c2ccc(F)cc2)N1. The lowest BCUT2D eigenvalue weighted by Crippen LogP contribution is -2.34. The summed E-state index contributed by atoms with van der Waals surface area (Å²) >= 11 is 1.62. The fourth-order valence-corrected chi connectivity index (χ4v) is 2.81. The van der Waals surface area contributed by atoms with E-state index in [-0.39, 0.29) is 23.2 Å². The molecule has 0 aromatic heterocycles. The molecule has 1 aromatic carbocycles. The molecule has 0 spiro atoms. The molecule has 86 valence electrons.